The van der Waals surface area contributed by atoms with Crippen LogP contribution in [-0.4, -0.2) is 24.9 Å². The molecule has 0 saturated heterocycles. The molecule has 2 N–H and O–H groups in total. The number of carbonyl (C=O) groups excluding carboxylic acids is 2. The Morgan fingerprint density at radius 1 is 0.750 bits per heavy atom. The van der Waals surface area contributed by atoms with Gasteiger partial charge in [0.15, 0.2) is 5.78 Å². The Kier molecular flexibility index (Phi) is 8.03. The third-order valence-electron chi connectivity index (χ3n) is 4.52. The van der Waals surface area contributed by atoms with Crippen LogP contribution in [0.25, 0.3) is 0 Å². The molecular weight excluding hydrogens is 404 g/mol. The molecule has 0 heterocycles. The number of hydrogen-bond acceptors (Lipinski definition) is 5. The SMILES string of the molecule is CCOc1ccccc1N/C=C(\C(=O)Nc1ccccc1OCC)C(=O)c1ccccc1. The monoisotopic (exact) mass is 430 g/mol. The standard InChI is InChI=1S/C26H26N2O4/c1-3-31-23-16-10-8-14-21(23)27-18-20(25(29)19-12-6-5-7-13-19)26(30)28-22-15-9-11-17-24(22)32-4-2/h5-18,27H,3-4H2,1-2H3,(H,28,30)/b20-18-. The van der Waals surface area contributed by atoms with Crippen LogP contribution in [0, 0.1) is 0 Å². The lowest BCUT2D eigenvalue weighted by Crippen LogP contribution is -2.22. The van der Waals surface area contributed by atoms with Gasteiger partial charge in [-0.2, -0.15) is 0 Å². The van der Waals surface area contributed by atoms with Crippen LogP contribution in [-0.2, 0) is 4.79 Å². The van der Waals surface area contributed by atoms with Crippen molar-refractivity contribution in [3.05, 3.63) is 96.2 Å². The van der Waals surface area contributed by atoms with Crippen molar-refractivity contribution in [2.24, 2.45) is 0 Å². The molecule has 3 aromatic rings. The lowest BCUT2D eigenvalue weighted by atomic mass is 10.0. The van der Waals surface area contributed by atoms with Crippen LogP contribution in [0.2, 0.25) is 0 Å². The first-order chi connectivity index (χ1) is 15.6. The number of ketones is 1. The maximum Gasteiger partial charge on any atom is 0.261 e. The van der Waals surface area contributed by atoms with Crippen molar-refractivity contribution in [3.63, 3.8) is 0 Å². The summed E-state index contributed by atoms with van der Waals surface area (Å²) in [5.74, 6) is 0.204. The molecule has 6 nitrogen and oxygen atoms in total. The Bertz CT molecular complexity index is 1090. The highest BCUT2D eigenvalue weighted by Gasteiger charge is 2.21. The molecule has 3 rings (SSSR count). The van der Waals surface area contributed by atoms with Gasteiger partial charge < -0.3 is 20.1 Å². The molecule has 0 bridgehead atoms. The number of rotatable bonds is 10. The summed E-state index contributed by atoms with van der Waals surface area (Å²) in [5, 5.41) is 5.85. The summed E-state index contributed by atoms with van der Waals surface area (Å²) in [7, 11) is 0. The van der Waals surface area contributed by atoms with E-state index in [0.717, 1.165) is 0 Å². The van der Waals surface area contributed by atoms with Crippen molar-refractivity contribution < 1.29 is 19.1 Å². The summed E-state index contributed by atoms with van der Waals surface area (Å²) in [6, 6.07) is 23.1. The zero-order valence-electron chi connectivity index (χ0n) is 18.1. The molecule has 0 aromatic heterocycles. The molecule has 0 atom stereocenters. The van der Waals surface area contributed by atoms with Gasteiger partial charge in [-0.25, -0.2) is 0 Å². The third kappa shape index (κ3) is 5.76. The number of para-hydroxylation sites is 4. The van der Waals surface area contributed by atoms with Crippen molar-refractivity contribution in [1.82, 2.24) is 0 Å². The van der Waals surface area contributed by atoms with Crippen LogP contribution in [0.4, 0.5) is 11.4 Å². The number of anilines is 2. The predicted octanol–water partition coefficient (Wildman–Crippen LogP) is 5.30. The van der Waals surface area contributed by atoms with Gasteiger partial charge in [0.1, 0.15) is 17.1 Å². The molecule has 164 valence electrons. The quantitative estimate of drug-likeness (QED) is 0.198. The molecule has 0 aliphatic carbocycles. The Labute approximate surface area is 187 Å². The Hall–Kier alpha value is -4.06. The van der Waals surface area contributed by atoms with Crippen LogP contribution < -0.4 is 20.1 Å². The molecule has 6 heteroatoms. The smallest absolute Gasteiger partial charge is 0.261 e. The molecule has 3 aromatic carbocycles. The van der Waals surface area contributed by atoms with Gasteiger partial charge in [-0.1, -0.05) is 54.6 Å². The van der Waals surface area contributed by atoms with E-state index < -0.39 is 11.7 Å². The Balaban J connectivity index is 1.93. The number of Topliss-reactive ketones (excluding diaryl/α,β-unsaturated/α-hetero) is 1. The summed E-state index contributed by atoms with van der Waals surface area (Å²) in [5.41, 5.74) is 1.50. The second-order valence-electron chi connectivity index (χ2n) is 6.71. The van der Waals surface area contributed by atoms with Crippen LogP contribution in [0.5, 0.6) is 11.5 Å². The lowest BCUT2D eigenvalue weighted by molar-refractivity contribution is -0.112. The number of nitrogens with one attached hydrogen (secondary N) is 2. The average Bonchev–Trinajstić information content (AvgIpc) is 2.82. The molecule has 0 aliphatic heterocycles. The van der Waals surface area contributed by atoms with Gasteiger partial charge in [0, 0.05) is 11.8 Å². The van der Waals surface area contributed by atoms with E-state index in [-0.39, 0.29) is 5.57 Å². The fraction of sp³-hybridized carbons (Fsp3) is 0.154. The average molecular weight is 431 g/mol. The van der Waals surface area contributed by atoms with Crippen LogP contribution in [0.15, 0.2) is 90.6 Å². The maximum absolute atomic E-state index is 13.2. The summed E-state index contributed by atoms with van der Waals surface area (Å²) in [6.07, 6.45) is 1.41. The van der Waals surface area contributed by atoms with Crippen LogP contribution in [0.1, 0.15) is 24.2 Å². The first-order valence-electron chi connectivity index (χ1n) is 10.5. The van der Waals surface area contributed by atoms with Gasteiger partial charge in [-0.05, 0) is 38.1 Å². The normalized spacial score (nSPS) is 10.9. The van der Waals surface area contributed by atoms with Crippen LogP contribution in [0.3, 0.4) is 0 Å². The van der Waals surface area contributed by atoms with Gasteiger partial charge >= 0.3 is 0 Å². The fourth-order valence-electron chi connectivity index (χ4n) is 3.04. The molecule has 0 spiro atoms. The summed E-state index contributed by atoms with van der Waals surface area (Å²) in [4.78, 5) is 26.4. The van der Waals surface area contributed by atoms with Gasteiger partial charge in [-0.15, -0.1) is 0 Å². The number of carbonyl (C=O) groups is 2. The number of ether oxygens (including phenoxy) is 2. The molecule has 1 amide bonds. The zero-order chi connectivity index (χ0) is 22.8. The highest BCUT2D eigenvalue weighted by atomic mass is 16.5. The van der Waals surface area contributed by atoms with Crippen molar-refractivity contribution in [1.29, 1.82) is 0 Å². The Morgan fingerprint density at radius 3 is 1.91 bits per heavy atom. The molecule has 0 radical (unpaired) electrons. The van der Waals surface area contributed by atoms with Gasteiger partial charge in [-0.3, -0.25) is 9.59 Å². The molecular formula is C26H26N2O4. The minimum absolute atomic E-state index is 0.0474. The predicted molar refractivity (Wildman–Crippen MR) is 126 cm³/mol. The van der Waals surface area contributed by atoms with E-state index in [4.69, 9.17) is 9.47 Å². The highest BCUT2D eigenvalue weighted by Crippen LogP contribution is 2.26. The highest BCUT2D eigenvalue weighted by molar-refractivity contribution is 6.29. The van der Waals surface area contributed by atoms with Gasteiger partial charge in [0.25, 0.3) is 5.91 Å². The van der Waals surface area contributed by atoms with Crippen molar-refractivity contribution in [2.45, 2.75) is 13.8 Å². The van der Waals surface area contributed by atoms with E-state index >= 15 is 0 Å². The molecule has 32 heavy (non-hydrogen) atoms. The first-order valence-corrected chi connectivity index (χ1v) is 10.5. The number of hydrogen-bond donors (Lipinski definition) is 2. The molecule has 0 fully saturated rings. The largest absolute Gasteiger partial charge is 0.492 e. The van der Waals surface area contributed by atoms with E-state index in [0.29, 0.717) is 41.7 Å². The first kappa shape index (κ1) is 22.6. The van der Waals surface area contributed by atoms with E-state index in [1.54, 1.807) is 42.5 Å². The number of amides is 1. The van der Waals surface area contributed by atoms with E-state index in [1.807, 2.05) is 50.2 Å². The second kappa shape index (κ2) is 11.4. The van der Waals surface area contributed by atoms with E-state index in [9.17, 15) is 9.59 Å². The van der Waals surface area contributed by atoms with Gasteiger partial charge in [0.2, 0.25) is 0 Å². The summed E-state index contributed by atoms with van der Waals surface area (Å²) in [6.45, 7) is 4.70. The minimum Gasteiger partial charge on any atom is -0.492 e. The van der Waals surface area contributed by atoms with Crippen LogP contribution >= 0.6 is 0 Å². The van der Waals surface area contributed by atoms with Gasteiger partial charge in [0.05, 0.1) is 24.6 Å². The number of benzene rings is 3. The third-order valence-corrected chi connectivity index (χ3v) is 4.52. The van der Waals surface area contributed by atoms with Crippen molar-refractivity contribution in [2.75, 3.05) is 23.8 Å². The maximum atomic E-state index is 13.2. The lowest BCUT2D eigenvalue weighted by Gasteiger charge is -2.14. The van der Waals surface area contributed by atoms with E-state index in [1.165, 1.54) is 6.20 Å². The molecule has 0 aliphatic rings. The second-order valence-corrected chi connectivity index (χ2v) is 6.71. The summed E-state index contributed by atoms with van der Waals surface area (Å²) < 4.78 is 11.2. The summed E-state index contributed by atoms with van der Waals surface area (Å²) >= 11 is 0. The van der Waals surface area contributed by atoms with Crippen molar-refractivity contribution in [3.8, 4) is 11.5 Å². The fourth-order valence-corrected chi connectivity index (χ4v) is 3.04. The molecule has 0 saturated carbocycles. The zero-order valence-corrected chi connectivity index (χ0v) is 18.1. The molecule has 0 unspecified atom stereocenters. The van der Waals surface area contributed by atoms with Crippen molar-refractivity contribution >= 4 is 23.1 Å². The topological polar surface area (TPSA) is 76.7 Å². The minimum atomic E-state index is -0.549. The Morgan fingerprint density at radius 2 is 1.28 bits per heavy atom. The van der Waals surface area contributed by atoms with E-state index in [2.05, 4.69) is 10.6 Å².